The van der Waals surface area contributed by atoms with Crippen LogP contribution in [0.5, 0.6) is 0 Å². The summed E-state index contributed by atoms with van der Waals surface area (Å²) < 4.78 is 1.75. The molecule has 0 saturated carbocycles. The molecular weight excluding hydrogens is 112 g/mol. The molecule has 0 aromatic carbocycles. The van der Waals surface area contributed by atoms with Gasteiger partial charge < -0.3 is 15.3 Å². The SMILES string of the molecule is C=[N+](C)C.O=[N+]([O-])[O-]. The maximum Gasteiger partial charge on any atom is 0.131 e. The van der Waals surface area contributed by atoms with Gasteiger partial charge in [-0.2, -0.15) is 0 Å². The Morgan fingerprint density at radius 3 is 1.38 bits per heavy atom. The Hall–Kier alpha value is -1.13. The highest BCUT2D eigenvalue weighted by Crippen LogP contribution is 1.44. The van der Waals surface area contributed by atoms with Crippen LogP contribution in [0.4, 0.5) is 0 Å². The van der Waals surface area contributed by atoms with Crippen molar-refractivity contribution in [3.05, 3.63) is 15.3 Å². The van der Waals surface area contributed by atoms with E-state index in [0.717, 1.165) is 0 Å². The average molecular weight is 120 g/mol. The summed E-state index contributed by atoms with van der Waals surface area (Å²) in [5.41, 5.74) is 0. The summed E-state index contributed by atoms with van der Waals surface area (Å²) in [6, 6.07) is 0. The molecule has 0 fully saturated rings. The molecule has 0 aromatic rings. The third-order valence-corrected chi connectivity index (χ3v) is 0. The number of rotatable bonds is 0. The summed E-state index contributed by atoms with van der Waals surface area (Å²) in [5, 5.41) is 14.8. The zero-order valence-electron chi connectivity index (χ0n) is 4.83. The van der Waals surface area contributed by atoms with Crippen molar-refractivity contribution in [3.63, 3.8) is 0 Å². The van der Waals surface area contributed by atoms with Crippen LogP contribution in [0.1, 0.15) is 0 Å². The van der Waals surface area contributed by atoms with E-state index in [0.29, 0.717) is 0 Å². The first-order valence-electron chi connectivity index (χ1n) is 1.76. The second-order valence-electron chi connectivity index (χ2n) is 1.30. The van der Waals surface area contributed by atoms with E-state index in [2.05, 4.69) is 6.72 Å². The maximum absolute atomic E-state index is 8.25. The second-order valence-corrected chi connectivity index (χ2v) is 1.30. The Morgan fingerprint density at radius 2 is 1.38 bits per heavy atom. The van der Waals surface area contributed by atoms with Crippen molar-refractivity contribution in [3.8, 4) is 0 Å². The molecule has 0 amide bonds. The van der Waals surface area contributed by atoms with Crippen molar-refractivity contribution >= 4 is 6.72 Å². The molecule has 0 atom stereocenters. The summed E-state index contributed by atoms with van der Waals surface area (Å²) >= 11 is 0. The van der Waals surface area contributed by atoms with Gasteiger partial charge in [-0.15, -0.1) is 0 Å². The van der Waals surface area contributed by atoms with Crippen molar-refractivity contribution in [2.75, 3.05) is 14.1 Å². The van der Waals surface area contributed by atoms with Gasteiger partial charge in [0.05, 0.1) is 5.09 Å². The first kappa shape index (κ1) is 9.98. The Bertz CT molecular complexity index is 70.5. The Balaban J connectivity index is 0. The fraction of sp³-hybridized carbons (Fsp3) is 0.667. The van der Waals surface area contributed by atoms with E-state index in [-0.39, 0.29) is 0 Å². The summed E-state index contributed by atoms with van der Waals surface area (Å²) in [6.45, 7) is 3.47. The lowest BCUT2D eigenvalue weighted by Gasteiger charge is -1.74. The van der Waals surface area contributed by atoms with E-state index in [9.17, 15) is 0 Å². The summed E-state index contributed by atoms with van der Waals surface area (Å²) in [5.74, 6) is 0. The molecule has 0 N–H and O–H groups in total. The van der Waals surface area contributed by atoms with Crippen LogP contribution in [0.25, 0.3) is 0 Å². The fourth-order valence-corrected chi connectivity index (χ4v) is 0. The number of hydrogen-bond acceptors (Lipinski definition) is 3. The van der Waals surface area contributed by atoms with Gasteiger partial charge in [-0.25, -0.2) is 4.58 Å². The lowest BCUT2D eigenvalue weighted by Crippen LogP contribution is -1.86. The average Bonchev–Trinajstić information content (AvgIpc) is 1.25. The monoisotopic (exact) mass is 120 g/mol. The van der Waals surface area contributed by atoms with Gasteiger partial charge in [-0.3, -0.25) is 0 Å². The van der Waals surface area contributed by atoms with Gasteiger partial charge >= 0.3 is 0 Å². The molecule has 0 aromatic heterocycles. The van der Waals surface area contributed by atoms with Crippen molar-refractivity contribution in [1.82, 2.24) is 0 Å². The fourth-order valence-electron chi connectivity index (χ4n) is 0. The molecule has 0 aliphatic heterocycles. The highest BCUT2D eigenvalue weighted by atomic mass is 16.9. The van der Waals surface area contributed by atoms with Crippen LogP contribution in [0.15, 0.2) is 0 Å². The highest BCUT2D eigenvalue weighted by molar-refractivity contribution is 5.13. The first-order valence-corrected chi connectivity index (χ1v) is 1.76. The van der Waals surface area contributed by atoms with Crippen LogP contribution in [-0.2, 0) is 0 Å². The van der Waals surface area contributed by atoms with Gasteiger partial charge in [-0.05, 0) is 0 Å². The van der Waals surface area contributed by atoms with Crippen molar-refractivity contribution in [2.24, 2.45) is 0 Å². The van der Waals surface area contributed by atoms with E-state index < -0.39 is 5.09 Å². The predicted molar refractivity (Wildman–Crippen MR) is 29.6 cm³/mol. The molecule has 5 nitrogen and oxygen atoms in total. The smallest absolute Gasteiger partial charge is 0.131 e. The maximum atomic E-state index is 8.25. The quantitative estimate of drug-likeness (QED) is 0.191. The molecule has 0 aliphatic carbocycles. The van der Waals surface area contributed by atoms with Crippen LogP contribution < -0.4 is 0 Å². The molecule has 0 bridgehead atoms. The van der Waals surface area contributed by atoms with Crippen molar-refractivity contribution in [2.45, 2.75) is 0 Å². The van der Waals surface area contributed by atoms with Crippen LogP contribution in [0, 0.1) is 15.3 Å². The minimum absolute atomic E-state index is 1.75. The van der Waals surface area contributed by atoms with Gasteiger partial charge in [0.1, 0.15) is 20.8 Å². The summed E-state index contributed by atoms with van der Waals surface area (Å²) in [7, 11) is 3.78. The lowest BCUT2D eigenvalue weighted by molar-refractivity contribution is -0.454. The van der Waals surface area contributed by atoms with Crippen LogP contribution in [0.3, 0.4) is 0 Å². The molecule has 0 saturated heterocycles. The Kier molecular flexibility index (Phi) is 7.32. The Morgan fingerprint density at radius 1 is 1.38 bits per heavy atom. The normalized spacial score (nSPS) is 6.25. The molecule has 48 valence electrons. The summed E-state index contributed by atoms with van der Waals surface area (Å²) in [6.07, 6.45) is 0. The van der Waals surface area contributed by atoms with Gasteiger partial charge in [0, 0.05) is 0 Å². The van der Waals surface area contributed by atoms with Crippen LogP contribution >= 0.6 is 0 Å². The second kappa shape index (κ2) is 5.87. The minimum atomic E-state index is -1.75. The van der Waals surface area contributed by atoms with E-state index in [1.54, 1.807) is 4.58 Å². The predicted octanol–water partition coefficient (Wildman–Crippen LogP) is -0.280. The number of nitrogens with zero attached hydrogens (tertiary/aromatic N) is 2. The number of hydrogen-bond donors (Lipinski definition) is 0. The van der Waals surface area contributed by atoms with E-state index in [4.69, 9.17) is 15.3 Å². The molecule has 0 radical (unpaired) electrons. The van der Waals surface area contributed by atoms with Gasteiger partial charge in [-0.1, -0.05) is 0 Å². The molecule has 8 heavy (non-hydrogen) atoms. The van der Waals surface area contributed by atoms with E-state index in [1.807, 2.05) is 14.1 Å². The minimum Gasteiger partial charge on any atom is -0.356 e. The highest BCUT2D eigenvalue weighted by Gasteiger charge is 1.54. The van der Waals surface area contributed by atoms with Crippen molar-refractivity contribution in [1.29, 1.82) is 0 Å². The molecule has 5 heteroatoms. The van der Waals surface area contributed by atoms with Gasteiger partial charge in [0.15, 0.2) is 0 Å². The van der Waals surface area contributed by atoms with Gasteiger partial charge in [0.2, 0.25) is 0 Å². The molecule has 0 aliphatic rings. The third-order valence-electron chi connectivity index (χ3n) is 0. The molecule has 0 heterocycles. The van der Waals surface area contributed by atoms with Crippen LogP contribution in [-0.4, -0.2) is 30.5 Å². The molecule has 0 unspecified atom stereocenters. The molecule has 0 rings (SSSR count). The zero-order chi connectivity index (χ0) is 7.15. The summed E-state index contributed by atoms with van der Waals surface area (Å²) in [4.78, 5) is 8.25. The largest absolute Gasteiger partial charge is 0.356 e. The lowest BCUT2D eigenvalue weighted by atomic mass is 11.1. The van der Waals surface area contributed by atoms with Crippen LogP contribution in [0.2, 0.25) is 0 Å². The first-order chi connectivity index (χ1) is 3.46. The third kappa shape index (κ3) is 57.1. The van der Waals surface area contributed by atoms with Gasteiger partial charge in [0.25, 0.3) is 0 Å². The molecule has 0 spiro atoms. The van der Waals surface area contributed by atoms with E-state index >= 15 is 0 Å². The Labute approximate surface area is 47.0 Å². The van der Waals surface area contributed by atoms with Crippen molar-refractivity contribution < 1.29 is 9.66 Å². The zero-order valence-corrected chi connectivity index (χ0v) is 4.83. The molecular formula is C3H8N2O3. The standard InChI is InChI=1S/C3H8N.NO3/c1-4(2)3;2-1(3)4/h1H2,2-3H3;/q+1;-1. The van der Waals surface area contributed by atoms with E-state index in [1.165, 1.54) is 0 Å². The topological polar surface area (TPSA) is 69.2 Å².